The van der Waals surface area contributed by atoms with Crippen molar-refractivity contribution in [1.29, 1.82) is 0 Å². The highest BCUT2D eigenvalue weighted by Gasteiger charge is 2.45. The Kier molecular flexibility index (Phi) is 7.14. The van der Waals surface area contributed by atoms with E-state index >= 15 is 0 Å². The Morgan fingerprint density at radius 2 is 1.75 bits per heavy atom. The molecule has 8 bridgehead atoms. The molecule has 1 unspecified atom stereocenters. The SMILES string of the molecule is C=Cc1c(C)/c2[nH]/c1=C\c1[nH]c(c(CC)c1C)/C=c1\[nH]c3c(c1C)C(=O)[C@H](C(=O)OC)C=3C1=C(CCC(=O)O)[C@H](C)C(\C=2)N1. The van der Waals surface area contributed by atoms with Gasteiger partial charge in [-0.05, 0) is 79.7 Å². The summed E-state index contributed by atoms with van der Waals surface area (Å²) in [4.78, 5) is 49.6. The van der Waals surface area contributed by atoms with E-state index in [9.17, 15) is 19.5 Å². The number of hydrogen-bond acceptors (Lipinski definition) is 5. The third-order valence-electron chi connectivity index (χ3n) is 9.69. The highest BCUT2D eigenvalue weighted by atomic mass is 16.5. The lowest BCUT2D eigenvalue weighted by Gasteiger charge is -2.17. The van der Waals surface area contributed by atoms with Gasteiger partial charge in [0.05, 0.1) is 18.5 Å². The summed E-state index contributed by atoms with van der Waals surface area (Å²) >= 11 is 0. The van der Waals surface area contributed by atoms with Crippen LogP contribution >= 0.6 is 0 Å². The molecule has 0 amide bonds. The molecule has 9 nitrogen and oxygen atoms in total. The van der Waals surface area contributed by atoms with Gasteiger partial charge in [0, 0.05) is 62.2 Å². The summed E-state index contributed by atoms with van der Waals surface area (Å²) in [5.74, 6) is -3.16. The Labute approximate surface area is 254 Å². The molecule has 0 radical (unpaired) electrons. The molecule has 0 saturated heterocycles. The third kappa shape index (κ3) is 4.32. The van der Waals surface area contributed by atoms with Gasteiger partial charge in [0.1, 0.15) is 5.92 Å². The van der Waals surface area contributed by atoms with Gasteiger partial charge in [0.25, 0.3) is 0 Å². The molecule has 0 fully saturated rings. The fourth-order valence-corrected chi connectivity index (χ4v) is 7.23. The minimum absolute atomic E-state index is 0.0767. The minimum Gasteiger partial charge on any atom is -0.481 e. The Morgan fingerprint density at radius 1 is 1.02 bits per heavy atom. The van der Waals surface area contributed by atoms with Crippen molar-refractivity contribution in [2.75, 3.05) is 7.11 Å². The molecular weight excluding hydrogens is 556 g/mol. The summed E-state index contributed by atoms with van der Waals surface area (Å²) in [7, 11) is 1.28. The van der Waals surface area contributed by atoms with Crippen LogP contribution in [0.3, 0.4) is 0 Å². The van der Waals surface area contributed by atoms with Crippen molar-refractivity contribution in [1.82, 2.24) is 20.3 Å². The largest absolute Gasteiger partial charge is 0.481 e. The van der Waals surface area contributed by atoms with E-state index in [0.29, 0.717) is 22.2 Å². The molecule has 3 aromatic rings. The number of carbonyl (C=O) groups is 3. The van der Waals surface area contributed by atoms with Gasteiger partial charge in [-0.1, -0.05) is 26.5 Å². The topological polar surface area (TPSA) is 140 Å². The highest BCUT2D eigenvalue weighted by Crippen LogP contribution is 2.39. The number of hydrogen-bond donors (Lipinski definition) is 5. The number of allylic oxidation sites excluding steroid dienone is 1. The van der Waals surface area contributed by atoms with Crippen LogP contribution in [0.5, 0.6) is 0 Å². The van der Waals surface area contributed by atoms with E-state index in [2.05, 4.69) is 59.8 Å². The third-order valence-corrected chi connectivity index (χ3v) is 9.69. The van der Waals surface area contributed by atoms with Gasteiger partial charge in [-0.3, -0.25) is 14.4 Å². The van der Waals surface area contributed by atoms with E-state index in [1.165, 1.54) is 12.7 Å². The number of carboxylic acids is 1. The molecule has 5 heterocycles. The smallest absolute Gasteiger partial charge is 0.321 e. The first kappa shape index (κ1) is 29.3. The van der Waals surface area contributed by atoms with E-state index in [-0.39, 0.29) is 30.6 Å². The van der Waals surface area contributed by atoms with Crippen molar-refractivity contribution < 1.29 is 24.2 Å². The molecule has 1 aliphatic carbocycles. The highest BCUT2D eigenvalue weighted by molar-refractivity contribution is 6.20. The number of fused-ring (bicyclic) bond motifs is 8. The number of Topliss-reactive ketones (excluding diaryl/α,β-unsaturated/α-hetero) is 1. The first-order valence-corrected chi connectivity index (χ1v) is 15.0. The van der Waals surface area contributed by atoms with Crippen LogP contribution in [0.4, 0.5) is 0 Å². The van der Waals surface area contributed by atoms with Crippen molar-refractivity contribution in [3.05, 3.63) is 84.0 Å². The predicted molar refractivity (Wildman–Crippen MR) is 169 cm³/mol. The van der Waals surface area contributed by atoms with Crippen LogP contribution in [0.1, 0.15) is 76.3 Å². The number of rotatable bonds is 6. The van der Waals surface area contributed by atoms with Crippen LogP contribution in [-0.2, 0) is 20.7 Å². The monoisotopic (exact) mass is 594 g/mol. The summed E-state index contributed by atoms with van der Waals surface area (Å²) in [5.41, 5.74) is 9.49. The zero-order valence-electron chi connectivity index (χ0n) is 26.0. The lowest BCUT2D eigenvalue weighted by Crippen LogP contribution is -2.32. The molecule has 2 aliphatic heterocycles. The van der Waals surface area contributed by atoms with Crippen LogP contribution in [-0.4, -0.2) is 50.9 Å². The Balaban J connectivity index is 1.76. The van der Waals surface area contributed by atoms with Gasteiger partial charge >= 0.3 is 11.9 Å². The Morgan fingerprint density at radius 3 is 2.41 bits per heavy atom. The fraction of sp³-hybridized carbons (Fsp3) is 0.343. The zero-order chi connectivity index (χ0) is 31.6. The van der Waals surface area contributed by atoms with E-state index in [4.69, 9.17) is 4.74 Å². The average Bonchev–Trinajstić information content (AvgIpc) is 3.72. The number of aromatic amines is 3. The molecule has 5 N–H and O–H groups in total. The van der Waals surface area contributed by atoms with E-state index in [1.54, 1.807) is 0 Å². The molecular formula is C35H38N4O5. The minimum atomic E-state index is -1.16. The second-order valence-corrected chi connectivity index (χ2v) is 12.0. The van der Waals surface area contributed by atoms with E-state index in [1.807, 2.05) is 26.0 Å². The molecule has 0 aromatic carbocycles. The van der Waals surface area contributed by atoms with Crippen LogP contribution in [0.2, 0.25) is 0 Å². The number of aliphatic carboxylic acids is 1. The number of H-pyrrole nitrogens is 3. The van der Waals surface area contributed by atoms with Gasteiger partial charge in [0.2, 0.25) is 0 Å². The van der Waals surface area contributed by atoms with Crippen molar-refractivity contribution in [3.63, 3.8) is 0 Å². The lowest BCUT2D eigenvalue weighted by molar-refractivity contribution is -0.142. The second-order valence-electron chi connectivity index (χ2n) is 12.0. The number of nitrogens with one attached hydrogen (secondary N) is 4. The number of esters is 1. The van der Waals surface area contributed by atoms with Gasteiger partial charge in [-0.25, -0.2) is 0 Å². The van der Waals surface area contributed by atoms with Gasteiger partial charge in [-0.2, -0.15) is 0 Å². The lowest BCUT2D eigenvalue weighted by atomic mass is 9.88. The van der Waals surface area contributed by atoms with Crippen molar-refractivity contribution in [2.24, 2.45) is 11.8 Å². The summed E-state index contributed by atoms with van der Waals surface area (Å²) in [6, 6.07) is -0.234. The number of aromatic nitrogens is 3. The summed E-state index contributed by atoms with van der Waals surface area (Å²) < 4.78 is 5.15. The fourth-order valence-electron chi connectivity index (χ4n) is 7.23. The maximum Gasteiger partial charge on any atom is 0.321 e. The summed E-state index contributed by atoms with van der Waals surface area (Å²) in [6.45, 7) is 14.3. The zero-order valence-corrected chi connectivity index (χ0v) is 26.0. The molecule has 3 atom stereocenters. The van der Waals surface area contributed by atoms with Gasteiger partial charge in [0.15, 0.2) is 5.78 Å². The normalized spacial score (nSPS) is 22.5. The number of carbonyl (C=O) groups excluding carboxylic acids is 2. The molecule has 44 heavy (non-hydrogen) atoms. The molecule has 0 spiro atoms. The van der Waals surface area contributed by atoms with E-state index in [0.717, 1.165) is 61.7 Å². The van der Waals surface area contributed by atoms with Crippen LogP contribution in [0.15, 0.2) is 17.8 Å². The first-order chi connectivity index (χ1) is 21.0. The van der Waals surface area contributed by atoms with Crippen molar-refractivity contribution >= 4 is 47.6 Å². The molecule has 0 saturated carbocycles. The second kappa shape index (κ2) is 10.7. The first-order valence-electron chi connectivity index (χ1n) is 15.0. The number of ether oxygens (including phenoxy) is 1. The van der Waals surface area contributed by atoms with Crippen LogP contribution in [0, 0.1) is 32.6 Å². The summed E-state index contributed by atoms with van der Waals surface area (Å²) in [5, 5.41) is 16.4. The molecule has 6 rings (SSSR count). The standard InChI is InChI=1S/C35H38N4O5/c1-8-19-15(3)22-12-24-17(5)21(10-11-28(40)41)32(38-24)30-31(35(43)44-7)34(42)29-18(6)25(39-33(29)30)14-27-20(9-2)16(4)23(37-27)13-26(19)36-22/h8,12-14,17,24,31,36-39H,1,9-11H2,2-7H3,(H,40,41)/b22-12-,25-14-,26-13-/t17-,24?,31+/m0/s1. The van der Waals surface area contributed by atoms with E-state index < -0.39 is 17.9 Å². The van der Waals surface area contributed by atoms with Crippen molar-refractivity contribution in [2.45, 2.75) is 59.9 Å². The maximum atomic E-state index is 14.0. The maximum absolute atomic E-state index is 14.0. The predicted octanol–water partition coefficient (Wildman–Crippen LogP) is 2.12. The Bertz CT molecular complexity index is 2070. The molecule has 3 aromatic heterocycles. The van der Waals surface area contributed by atoms with Gasteiger partial charge in [-0.15, -0.1) is 0 Å². The summed E-state index contributed by atoms with van der Waals surface area (Å²) in [6.07, 6.45) is 9.11. The Hall–Kier alpha value is -4.79. The van der Waals surface area contributed by atoms with Crippen LogP contribution in [0.25, 0.3) is 29.9 Å². The van der Waals surface area contributed by atoms with Gasteiger partial charge < -0.3 is 30.1 Å². The number of carboxylic acid groups (broad SMARTS) is 1. The molecule has 3 aliphatic rings. The molecule has 228 valence electrons. The average molecular weight is 595 g/mol. The molecule has 9 heteroatoms. The van der Waals surface area contributed by atoms with Crippen molar-refractivity contribution in [3.8, 4) is 0 Å². The quantitative estimate of drug-likeness (QED) is 0.219. The van der Waals surface area contributed by atoms with Crippen LogP contribution < -0.4 is 26.7 Å². The number of methoxy groups -OCH3 is 1. The number of ketones is 1.